The monoisotopic (exact) mass is 314 g/mol. The topological polar surface area (TPSA) is 71.3 Å². The standard InChI is InChI=1S/C17H15FN2O3/c1-2-22-16-6-4-3-5-15(16)20-17(21)11-23-13-8-7-12(10-19)14(18)9-13/h3-9H,2,11H2,1H3,(H,20,21). The van der Waals surface area contributed by atoms with Crippen LogP contribution in [-0.2, 0) is 4.79 Å². The smallest absolute Gasteiger partial charge is 0.262 e. The molecule has 0 bridgehead atoms. The summed E-state index contributed by atoms with van der Waals surface area (Å²) in [6.45, 7) is 2.04. The third-order valence-electron chi connectivity index (χ3n) is 2.89. The van der Waals surface area contributed by atoms with Gasteiger partial charge in [-0.15, -0.1) is 0 Å². The maximum Gasteiger partial charge on any atom is 0.262 e. The molecule has 2 aromatic carbocycles. The minimum Gasteiger partial charge on any atom is -0.492 e. The van der Waals surface area contributed by atoms with Crippen LogP contribution in [0.15, 0.2) is 42.5 Å². The Balaban J connectivity index is 1.96. The van der Waals surface area contributed by atoms with E-state index in [2.05, 4.69) is 5.32 Å². The molecule has 0 heterocycles. The number of nitrogens with zero attached hydrogens (tertiary/aromatic N) is 1. The second kappa shape index (κ2) is 7.80. The van der Waals surface area contributed by atoms with Gasteiger partial charge in [0.05, 0.1) is 17.9 Å². The van der Waals surface area contributed by atoms with Crippen molar-refractivity contribution in [2.45, 2.75) is 6.92 Å². The van der Waals surface area contributed by atoms with Gasteiger partial charge in [0.1, 0.15) is 23.4 Å². The predicted molar refractivity (Wildman–Crippen MR) is 82.9 cm³/mol. The van der Waals surface area contributed by atoms with Crippen LogP contribution in [0.25, 0.3) is 0 Å². The van der Waals surface area contributed by atoms with Gasteiger partial charge in [0.2, 0.25) is 0 Å². The first-order valence-electron chi connectivity index (χ1n) is 6.98. The fourth-order valence-corrected chi connectivity index (χ4v) is 1.86. The Morgan fingerprint density at radius 2 is 2.04 bits per heavy atom. The SMILES string of the molecule is CCOc1ccccc1NC(=O)COc1ccc(C#N)c(F)c1. The van der Waals surface area contributed by atoms with E-state index in [4.69, 9.17) is 14.7 Å². The first-order chi connectivity index (χ1) is 11.1. The molecule has 0 fully saturated rings. The van der Waals surface area contributed by atoms with Gasteiger partial charge in [0.15, 0.2) is 6.61 Å². The number of hydrogen-bond acceptors (Lipinski definition) is 4. The van der Waals surface area contributed by atoms with Crippen molar-refractivity contribution in [1.29, 1.82) is 5.26 Å². The predicted octanol–water partition coefficient (Wildman–Crippen LogP) is 3.11. The van der Waals surface area contributed by atoms with Gasteiger partial charge in [-0.1, -0.05) is 12.1 Å². The molecule has 0 radical (unpaired) electrons. The first-order valence-corrected chi connectivity index (χ1v) is 6.98. The molecule has 23 heavy (non-hydrogen) atoms. The molecule has 2 aromatic rings. The maximum absolute atomic E-state index is 13.4. The van der Waals surface area contributed by atoms with E-state index in [-0.39, 0.29) is 17.9 Å². The largest absolute Gasteiger partial charge is 0.492 e. The second-order valence-electron chi connectivity index (χ2n) is 4.52. The number of rotatable bonds is 6. The highest BCUT2D eigenvalue weighted by molar-refractivity contribution is 5.93. The van der Waals surface area contributed by atoms with E-state index in [0.717, 1.165) is 6.07 Å². The number of carbonyl (C=O) groups is 1. The van der Waals surface area contributed by atoms with Crippen LogP contribution in [0.2, 0.25) is 0 Å². The molecule has 0 aromatic heterocycles. The van der Waals surface area contributed by atoms with E-state index in [0.29, 0.717) is 18.0 Å². The van der Waals surface area contributed by atoms with Crippen molar-refractivity contribution >= 4 is 11.6 Å². The molecular formula is C17H15FN2O3. The Morgan fingerprint density at radius 1 is 1.26 bits per heavy atom. The molecule has 6 heteroatoms. The molecule has 0 aliphatic heterocycles. The number of benzene rings is 2. The summed E-state index contributed by atoms with van der Waals surface area (Å²) in [5.41, 5.74) is 0.460. The van der Waals surface area contributed by atoms with Crippen molar-refractivity contribution < 1.29 is 18.7 Å². The quantitative estimate of drug-likeness (QED) is 0.889. The molecule has 1 amide bonds. The molecule has 0 unspecified atom stereocenters. The van der Waals surface area contributed by atoms with E-state index in [9.17, 15) is 9.18 Å². The molecule has 5 nitrogen and oxygen atoms in total. The molecule has 0 atom stereocenters. The van der Waals surface area contributed by atoms with Gasteiger partial charge in [-0.3, -0.25) is 4.79 Å². The third kappa shape index (κ3) is 4.45. The number of para-hydroxylation sites is 2. The van der Waals surface area contributed by atoms with Gasteiger partial charge < -0.3 is 14.8 Å². The normalized spacial score (nSPS) is 9.78. The molecule has 0 saturated heterocycles. The highest BCUT2D eigenvalue weighted by Gasteiger charge is 2.09. The van der Waals surface area contributed by atoms with E-state index in [1.165, 1.54) is 12.1 Å². The fourth-order valence-electron chi connectivity index (χ4n) is 1.86. The van der Waals surface area contributed by atoms with Gasteiger partial charge in [0, 0.05) is 6.07 Å². The highest BCUT2D eigenvalue weighted by atomic mass is 19.1. The van der Waals surface area contributed by atoms with Gasteiger partial charge in [-0.25, -0.2) is 4.39 Å². The van der Waals surface area contributed by atoms with Crippen LogP contribution < -0.4 is 14.8 Å². The Labute approximate surface area is 133 Å². The number of amides is 1. The Hall–Kier alpha value is -3.07. The van der Waals surface area contributed by atoms with E-state index in [1.807, 2.05) is 6.92 Å². The molecular weight excluding hydrogens is 299 g/mol. The summed E-state index contributed by atoms with van der Waals surface area (Å²) >= 11 is 0. The number of anilines is 1. The lowest BCUT2D eigenvalue weighted by Gasteiger charge is -2.11. The number of nitrogens with one attached hydrogen (secondary N) is 1. The Bertz CT molecular complexity index is 741. The van der Waals surface area contributed by atoms with Gasteiger partial charge in [-0.2, -0.15) is 5.26 Å². The number of ether oxygens (including phenoxy) is 2. The van der Waals surface area contributed by atoms with Crippen molar-refractivity contribution in [3.8, 4) is 17.6 Å². The minimum absolute atomic E-state index is 0.0764. The average Bonchev–Trinajstić information content (AvgIpc) is 2.55. The lowest BCUT2D eigenvalue weighted by molar-refractivity contribution is -0.118. The lowest BCUT2D eigenvalue weighted by Crippen LogP contribution is -2.20. The molecule has 0 spiro atoms. The van der Waals surface area contributed by atoms with E-state index in [1.54, 1.807) is 30.3 Å². The molecule has 0 aliphatic rings. The Kier molecular flexibility index (Phi) is 5.53. The summed E-state index contributed by atoms with van der Waals surface area (Å²) in [5.74, 6) is -0.350. The summed E-state index contributed by atoms with van der Waals surface area (Å²) in [6, 6.07) is 12.5. The summed E-state index contributed by atoms with van der Waals surface area (Å²) in [4.78, 5) is 11.9. The van der Waals surface area contributed by atoms with Crippen molar-refractivity contribution in [2.75, 3.05) is 18.5 Å². The van der Waals surface area contributed by atoms with Crippen molar-refractivity contribution in [3.63, 3.8) is 0 Å². The zero-order valence-electron chi connectivity index (χ0n) is 12.5. The zero-order chi connectivity index (χ0) is 16.7. The first kappa shape index (κ1) is 16.3. The summed E-state index contributed by atoms with van der Waals surface area (Å²) < 4.78 is 24.1. The van der Waals surface area contributed by atoms with Crippen LogP contribution in [0, 0.1) is 17.1 Å². The summed E-state index contributed by atoms with van der Waals surface area (Å²) in [6.07, 6.45) is 0. The average molecular weight is 314 g/mol. The maximum atomic E-state index is 13.4. The van der Waals surface area contributed by atoms with E-state index >= 15 is 0 Å². The molecule has 0 aliphatic carbocycles. The number of nitriles is 1. The molecule has 0 saturated carbocycles. The Morgan fingerprint density at radius 3 is 2.74 bits per heavy atom. The minimum atomic E-state index is -0.688. The van der Waals surface area contributed by atoms with Crippen LogP contribution in [0.3, 0.4) is 0 Å². The fraction of sp³-hybridized carbons (Fsp3) is 0.176. The number of halogens is 1. The van der Waals surface area contributed by atoms with Crippen LogP contribution in [0.4, 0.5) is 10.1 Å². The number of carbonyl (C=O) groups excluding carboxylic acids is 1. The zero-order valence-corrected chi connectivity index (χ0v) is 12.5. The summed E-state index contributed by atoms with van der Waals surface area (Å²) in [5, 5.41) is 11.3. The van der Waals surface area contributed by atoms with Gasteiger partial charge >= 0.3 is 0 Å². The second-order valence-corrected chi connectivity index (χ2v) is 4.52. The van der Waals surface area contributed by atoms with Crippen LogP contribution >= 0.6 is 0 Å². The van der Waals surface area contributed by atoms with Crippen molar-refractivity contribution in [3.05, 3.63) is 53.8 Å². The van der Waals surface area contributed by atoms with E-state index < -0.39 is 11.7 Å². The highest BCUT2D eigenvalue weighted by Crippen LogP contribution is 2.23. The van der Waals surface area contributed by atoms with Crippen molar-refractivity contribution in [1.82, 2.24) is 0 Å². The summed E-state index contributed by atoms with van der Waals surface area (Å²) in [7, 11) is 0. The number of hydrogen-bond donors (Lipinski definition) is 1. The molecule has 118 valence electrons. The van der Waals surface area contributed by atoms with Crippen molar-refractivity contribution in [2.24, 2.45) is 0 Å². The molecule has 2 rings (SSSR count). The lowest BCUT2D eigenvalue weighted by atomic mass is 10.2. The third-order valence-corrected chi connectivity index (χ3v) is 2.89. The van der Waals surface area contributed by atoms with Gasteiger partial charge in [0.25, 0.3) is 5.91 Å². The van der Waals surface area contributed by atoms with Gasteiger partial charge in [-0.05, 0) is 31.2 Å². The van der Waals surface area contributed by atoms with Crippen LogP contribution in [0.1, 0.15) is 12.5 Å². The molecule has 1 N–H and O–H groups in total. The van der Waals surface area contributed by atoms with Crippen LogP contribution in [-0.4, -0.2) is 19.1 Å². The van der Waals surface area contributed by atoms with Crippen LogP contribution in [0.5, 0.6) is 11.5 Å².